The largest absolute Gasteiger partial charge is 0.366 e. The Labute approximate surface area is 114 Å². The van der Waals surface area contributed by atoms with Crippen LogP contribution in [0.3, 0.4) is 0 Å². The fourth-order valence-electron chi connectivity index (χ4n) is 2.59. The maximum absolute atomic E-state index is 14.1. The first kappa shape index (κ1) is 14.0. The minimum absolute atomic E-state index is 0.102. The molecule has 1 aromatic carbocycles. The molecule has 0 aromatic heterocycles. The molecule has 0 N–H and O–H groups in total. The molecule has 0 bridgehead atoms. The lowest BCUT2D eigenvalue weighted by Crippen LogP contribution is -2.51. The maximum Gasteiger partial charge on any atom is 0.159 e. The number of benzene rings is 1. The Kier molecular flexibility index (Phi) is 4.20. The van der Waals surface area contributed by atoms with E-state index in [2.05, 4.69) is 23.8 Å². The number of nitrogens with zero attached hydrogens (tertiary/aromatic N) is 2. The Morgan fingerprint density at radius 2 is 2.16 bits per heavy atom. The molecular formula is C15H21FN2O. The molecule has 1 saturated heterocycles. The van der Waals surface area contributed by atoms with Crippen molar-refractivity contribution in [2.75, 3.05) is 31.6 Å². The van der Waals surface area contributed by atoms with Crippen molar-refractivity contribution >= 4 is 11.5 Å². The molecule has 19 heavy (non-hydrogen) atoms. The lowest BCUT2D eigenvalue weighted by molar-refractivity contribution is 0.101. The van der Waals surface area contributed by atoms with E-state index in [9.17, 15) is 9.18 Å². The van der Waals surface area contributed by atoms with Crippen molar-refractivity contribution in [2.45, 2.75) is 26.3 Å². The van der Waals surface area contributed by atoms with Gasteiger partial charge in [0, 0.05) is 31.2 Å². The van der Waals surface area contributed by atoms with Crippen molar-refractivity contribution in [3.05, 3.63) is 29.6 Å². The zero-order valence-corrected chi connectivity index (χ0v) is 11.8. The first-order valence-electron chi connectivity index (χ1n) is 6.78. The number of rotatable bonds is 3. The molecule has 1 fully saturated rings. The molecule has 1 aliphatic heterocycles. The minimum Gasteiger partial charge on any atom is -0.366 e. The van der Waals surface area contributed by atoms with Gasteiger partial charge in [0.05, 0.1) is 5.69 Å². The number of halogens is 1. The van der Waals surface area contributed by atoms with E-state index in [0.717, 1.165) is 26.1 Å². The fourth-order valence-corrected chi connectivity index (χ4v) is 2.59. The Bertz CT molecular complexity index is 475. The van der Waals surface area contributed by atoms with Crippen molar-refractivity contribution in [2.24, 2.45) is 0 Å². The average Bonchev–Trinajstić information content (AvgIpc) is 2.39. The summed E-state index contributed by atoms with van der Waals surface area (Å²) in [6, 6.07) is 5.24. The molecule has 0 amide bonds. The van der Waals surface area contributed by atoms with Crippen LogP contribution in [0.4, 0.5) is 10.1 Å². The Morgan fingerprint density at radius 1 is 1.42 bits per heavy atom. The summed E-state index contributed by atoms with van der Waals surface area (Å²) >= 11 is 0. The van der Waals surface area contributed by atoms with Crippen molar-refractivity contribution < 1.29 is 9.18 Å². The highest BCUT2D eigenvalue weighted by molar-refractivity contribution is 5.94. The summed E-state index contributed by atoms with van der Waals surface area (Å²) in [5.41, 5.74) is 1.04. The summed E-state index contributed by atoms with van der Waals surface area (Å²) in [7, 11) is 2.11. The van der Waals surface area contributed by atoms with Crippen molar-refractivity contribution in [1.82, 2.24) is 4.90 Å². The molecule has 104 valence electrons. The van der Waals surface area contributed by atoms with Gasteiger partial charge in [-0.25, -0.2) is 4.39 Å². The molecule has 3 nitrogen and oxygen atoms in total. The molecule has 1 atom stereocenters. The normalized spacial score (nSPS) is 20.6. The molecule has 4 heteroatoms. The Balaban J connectivity index is 2.20. The van der Waals surface area contributed by atoms with Crippen LogP contribution in [0.1, 0.15) is 30.6 Å². The van der Waals surface area contributed by atoms with E-state index in [-0.39, 0.29) is 11.6 Å². The van der Waals surface area contributed by atoms with Crippen LogP contribution in [-0.2, 0) is 0 Å². The summed E-state index contributed by atoms with van der Waals surface area (Å²) in [6.45, 7) is 6.20. The van der Waals surface area contributed by atoms with E-state index < -0.39 is 0 Å². The summed E-state index contributed by atoms with van der Waals surface area (Å²) in [4.78, 5) is 15.6. The highest BCUT2D eigenvalue weighted by atomic mass is 19.1. The third kappa shape index (κ3) is 2.95. The zero-order chi connectivity index (χ0) is 14.0. The number of carbonyl (C=O) groups excluding carboxylic acids is 1. The number of hydrogen-bond donors (Lipinski definition) is 0. The lowest BCUT2D eigenvalue weighted by Gasteiger charge is -2.40. The third-order valence-corrected chi connectivity index (χ3v) is 3.94. The molecule has 1 aromatic rings. The monoisotopic (exact) mass is 264 g/mol. The molecule has 2 rings (SSSR count). The quantitative estimate of drug-likeness (QED) is 0.784. The van der Waals surface area contributed by atoms with Crippen LogP contribution in [0.25, 0.3) is 0 Å². The molecule has 0 aliphatic carbocycles. The SMILES string of the molecule is CCC1CN(c2ccc(C(C)=O)cc2F)CCN1C. The predicted molar refractivity (Wildman–Crippen MR) is 75.3 cm³/mol. The van der Waals surface area contributed by atoms with Crippen LogP contribution in [0.5, 0.6) is 0 Å². The van der Waals surface area contributed by atoms with Gasteiger partial charge in [0.1, 0.15) is 5.82 Å². The number of ketones is 1. The summed E-state index contributed by atoms with van der Waals surface area (Å²) in [5, 5.41) is 0. The minimum atomic E-state index is -0.299. The number of likely N-dealkylation sites (N-methyl/N-ethyl adjacent to an activating group) is 1. The molecule has 1 heterocycles. The summed E-state index contributed by atoms with van der Waals surface area (Å²) in [5.74, 6) is -0.401. The Hall–Kier alpha value is -1.42. The first-order chi connectivity index (χ1) is 9.02. The summed E-state index contributed by atoms with van der Waals surface area (Å²) < 4.78 is 14.1. The second-order valence-corrected chi connectivity index (χ2v) is 5.21. The number of anilines is 1. The smallest absolute Gasteiger partial charge is 0.159 e. The Morgan fingerprint density at radius 3 is 2.74 bits per heavy atom. The lowest BCUT2D eigenvalue weighted by atomic mass is 10.1. The van der Waals surface area contributed by atoms with Crippen molar-refractivity contribution in [3.8, 4) is 0 Å². The first-order valence-corrected chi connectivity index (χ1v) is 6.78. The molecule has 1 unspecified atom stereocenters. The second-order valence-electron chi connectivity index (χ2n) is 5.21. The van der Waals surface area contributed by atoms with Crippen molar-refractivity contribution in [1.29, 1.82) is 0 Å². The number of piperazine rings is 1. The van der Waals surface area contributed by atoms with Crippen LogP contribution in [0, 0.1) is 5.82 Å². The van der Waals surface area contributed by atoms with Gasteiger partial charge in [0.25, 0.3) is 0 Å². The van der Waals surface area contributed by atoms with E-state index in [4.69, 9.17) is 0 Å². The van der Waals surface area contributed by atoms with Crippen LogP contribution >= 0.6 is 0 Å². The van der Waals surface area contributed by atoms with E-state index in [1.54, 1.807) is 12.1 Å². The molecule has 0 spiro atoms. The van der Waals surface area contributed by atoms with E-state index in [1.807, 2.05) is 0 Å². The standard InChI is InChI=1S/C15H21FN2O/c1-4-13-10-18(8-7-17(13)3)15-6-5-12(11(2)19)9-14(15)16/h5-6,9,13H,4,7-8,10H2,1-3H3. The van der Waals surface area contributed by atoms with Crippen LogP contribution in [-0.4, -0.2) is 43.4 Å². The van der Waals surface area contributed by atoms with Gasteiger partial charge in [-0.2, -0.15) is 0 Å². The number of Topliss-reactive ketones (excluding diaryl/α,β-unsaturated/α-hetero) is 1. The van der Waals surface area contributed by atoms with Gasteiger partial charge in [-0.1, -0.05) is 6.92 Å². The zero-order valence-electron chi connectivity index (χ0n) is 11.8. The van der Waals surface area contributed by atoms with Gasteiger partial charge in [-0.05, 0) is 38.6 Å². The highest BCUT2D eigenvalue weighted by Crippen LogP contribution is 2.24. The third-order valence-electron chi connectivity index (χ3n) is 3.94. The fraction of sp³-hybridized carbons (Fsp3) is 0.533. The molecule has 0 saturated carbocycles. The van der Waals surface area contributed by atoms with Gasteiger partial charge >= 0.3 is 0 Å². The van der Waals surface area contributed by atoms with Crippen LogP contribution in [0.15, 0.2) is 18.2 Å². The maximum atomic E-state index is 14.1. The van der Waals surface area contributed by atoms with Gasteiger partial charge in [0.15, 0.2) is 5.78 Å². The topological polar surface area (TPSA) is 23.6 Å². The predicted octanol–water partition coefficient (Wildman–Crippen LogP) is 2.56. The average molecular weight is 264 g/mol. The van der Waals surface area contributed by atoms with Crippen molar-refractivity contribution in [3.63, 3.8) is 0 Å². The second kappa shape index (κ2) is 5.70. The van der Waals surface area contributed by atoms with Crippen LogP contribution in [0.2, 0.25) is 0 Å². The molecule has 0 radical (unpaired) electrons. The number of carbonyl (C=O) groups is 1. The molecule has 1 aliphatic rings. The van der Waals surface area contributed by atoms with Gasteiger partial charge in [-0.15, -0.1) is 0 Å². The summed E-state index contributed by atoms with van der Waals surface area (Å²) in [6.07, 6.45) is 1.06. The van der Waals surface area contributed by atoms with Gasteiger partial charge < -0.3 is 4.90 Å². The highest BCUT2D eigenvalue weighted by Gasteiger charge is 2.24. The van der Waals surface area contributed by atoms with Gasteiger partial charge in [-0.3, -0.25) is 9.69 Å². The van der Waals surface area contributed by atoms with Gasteiger partial charge in [0.2, 0.25) is 0 Å². The number of hydrogen-bond acceptors (Lipinski definition) is 3. The van der Waals surface area contributed by atoms with E-state index in [0.29, 0.717) is 17.3 Å². The van der Waals surface area contributed by atoms with Crippen LogP contribution < -0.4 is 4.90 Å². The van der Waals surface area contributed by atoms with E-state index in [1.165, 1.54) is 13.0 Å². The van der Waals surface area contributed by atoms with E-state index >= 15 is 0 Å². The molecular weight excluding hydrogens is 243 g/mol.